The number of nitrogens with one attached hydrogen (secondary N) is 1. The van der Waals surface area contributed by atoms with E-state index < -0.39 is 64.1 Å². The standard InChI is InChI=1S/C23H32N2O11P2/c1-2-3-4-8-13-37(28,29)36-38(30,31)32-15-17-20-21(22(33-17)25-12-11-18(26)24-23(25)27)35-19(34-20)14-16-9-6-5-7-10-16/h5-7,9-12,17,19-22H,2-4,8,13-15H2,1H3,(H,28,29)(H,30,31)(H,24,26,27)/t17-,19?,20+,21+,22-/m1/s1. The van der Waals surface area contributed by atoms with E-state index in [-0.39, 0.29) is 6.16 Å². The van der Waals surface area contributed by atoms with Gasteiger partial charge in [-0.1, -0.05) is 56.5 Å². The smallest absolute Gasteiger partial charge is 0.346 e. The Bertz CT molecular complexity index is 1280. The summed E-state index contributed by atoms with van der Waals surface area (Å²) >= 11 is 0. The highest BCUT2D eigenvalue weighted by atomic mass is 31.3. The van der Waals surface area contributed by atoms with Crippen LogP contribution in [0.25, 0.3) is 0 Å². The number of rotatable bonds is 13. The quantitative estimate of drug-likeness (QED) is 0.237. The molecule has 210 valence electrons. The van der Waals surface area contributed by atoms with Crippen LogP contribution in [-0.2, 0) is 38.6 Å². The van der Waals surface area contributed by atoms with Gasteiger partial charge < -0.3 is 24.0 Å². The summed E-state index contributed by atoms with van der Waals surface area (Å²) in [5.74, 6) is 0. The van der Waals surface area contributed by atoms with Gasteiger partial charge in [0, 0.05) is 18.7 Å². The lowest BCUT2D eigenvalue weighted by molar-refractivity contribution is -0.150. The van der Waals surface area contributed by atoms with Gasteiger partial charge in [-0.15, -0.1) is 0 Å². The summed E-state index contributed by atoms with van der Waals surface area (Å²) in [5, 5.41) is 0. The van der Waals surface area contributed by atoms with Crippen molar-refractivity contribution in [2.24, 2.45) is 0 Å². The monoisotopic (exact) mass is 574 g/mol. The van der Waals surface area contributed by atoms with Crippen LogP contribution in [0, 0.1) is 0 Å². The molecule has 2 saturated heterocycles. The maximum Gasteiger partial charge on any atom is 0.479 e. The molecule has 3 N–H and O–H groups in total. The van der Waals surface area contributed by atoms with Gasteiger partial charge in [-0.3, -0.25) is 23.4 Å². The van der Waals surface area contributed by atoms with E-state index in [0.29, 0.717) is 19.3 Å². The Morgan fingerprint density at radius 1 is 1.00 bits per heavy atom. The molecule has 2 aromatic rings. The van der Waals surface area contributed by atoms with Crippen LogP contribution in [0.4, 0.5) is 0 Å². The minimum atomic E-state index is -4.94. The molecule has 0 bridgehead atoms. The topological polar surface area (TPSA) is 176 Å². The van der Waals surface area contributed by atoms with Gasteiger partial charge >= 0.3 is 21.1 Å². The van der Waals surface area contributed by atoms with Crippen LogP contribution in [0.15, 0.2) is 52.2 Å². The average Bonchev–Trinajstić information content (AvgIpc) is 3.40. The minimum Gasteiger partial charge on any atom is -0.346 e. The van der Waals surface area contributed by atoms with Crippen LogP contribution in [-0.4, -0.2) is 56.7 Å². The normalized spacial score (nSPS) is 28.0. The Morgan fingerprint density at radius 3 is 2.45 bits per heavy atom. The Balaban J connectivity index is 1.45. The molecule has 1 aromatic heterocycles. The highest BCUT2D eigenvalue weighted by Gasteiger charge is 2.54. The van der Waals surface area contributed by atoms with E-state index in [1.165, 1.54) is 6.20 Å². The SMILES string of the molecule is CCCCCCP(=O)(O)OP(=O)(O)OC[C@H]1O[C@@H](n2ccc(=O)[nH]c2=O)[C@H]2OC(Cc3ccccc3)O[C@H]21. The van der Waals surface area contributed by atoms with Gasteiger partial charge in [0.05, 0.1) is 12.8 Å². The van der Waals surface area contributed by atoms with Gasteiger partial charge in [0.25, 0.3) is 5.56 Å². The van der Waals surface area contributed by atoms with Crippen LogP contribution >= 0.6 is 15.4 Å². The summed E-state index contributed by atoms with van der Waals surface area (Å²) in [6, 6.07) is 10.6. The van der Waals surface area contributed by atoms with Gasteiger partial charge in [0.2, 0.25) is 0 Å². The van der Waals surface area contributed by atoms with Crippen molar-refractivity contribution in [1.29, 1.82) is 0 Å². The number of hydrogen-bond acceptors (Lipinski definition) is 9. The number of phosphoric ester groups is 1. The average molecular weight is 574 g/mol. The number of aromatic amines is 1. The number of phosphoric acid groups is 1. The molecule has 0 aliphatic carbocycles. The van der Waals surface area contributed by atoms with E-state index in [0.717, 1.165) is 29.0 Å². The first-order chi connectivity index (χ1) is 18.1. The van der Waals surface area contributed by atoms with E-state index >= 15 is 0 Å². The predicted molar refractivity (Wildman–Crippen MR) is 135 cm³/mol. The number of aromatic nitrogens is 2. The van der Waals surface area contributed by atoms with Crippen LogP contribution < -0.4 is 11.2 Å². The fourth-order valence-electron chi connectivity index (χ4n) is 4.42. The minimum absolute atomic E-state index is 0.277. The van der Waals surface area contributed by atoms with Crippen molar-refractivity contribution in [3.63, 3.8) is 0 Å². The molecule has 13 nitrogen and oxygen atoms in total. The van der Waals surface area contributed by atoms with Crippen molar-refractivity contribution < 1.29 is 42.0 Å². The van der Waals surface area contributed by atoms with Crippen LogP contribution in [0.1, 0.15) is 44.4 Å². The summed E-state index contributed by atoms with van der Waals surface area (Å²) < 4.78 is 53.5. The molecule has 4 rings (SSSR count). The third-order valence-electron chi connectivity index (χ3n) is 6.20. The second-order valence-corrected chi connectivity index (χ2v) is 12.7. The van der Waals surface area contributed by atoms with Gasteiger partial charge in [-0.25, -0.2) is 13.7 Å². The first kappa shape index (κ1) is 29.1. The van der Waals surface area contributed by atoms with E-state index in [2.05, 4.69) is 9.29 Å². The van der Waals surface area contributed by atoms with Gasteiger partial charge in [0.15, 0.2) is 12.5 Å². The van der Waals surface area contributed by atoms with Crippen molar-refractivity contribution in [3.8, 4) is 0 Å². The Morgan fingerprint density at radius 2 is 1.74 bits per heavy atom. The predicted octanol–water partition coefficient (Wildman–Crippen LogP) is 2.69. The summed E-state index contributed by atoms with van der Waals surface area (Å²) in [6.07, 6.45) is -0.190. The fraction of sp³-hybridized carbons (Fsp3) is 0.565. The molecule has 7 atom stereocenters. The van der Waals surface area contributed by atoms with Crippen LogP contribution in [0.2, 0.25) is 0 Å². The van der Waals surface area contributed by atoms with Crippen LogP contribution in [0.3, 0.4) is 0 Å². The molecule has 2 aliphatic rings. The highest BCUT2D eigenvalue weighted by molar-refractivity contribution is 7.64. The number of hydrogen-bond donors (Lipinski definition) is 3. The van der Waals surface area contributed by atoms with Crippen molar-refractivity contribution in [1.82, 2.24) is 9.55 Å². The third-order valence-corrected chi connectivity index (χ3v) is 9.40. The fourth-order valence-corrected chi connectivity index (χ4v) is 7.18. The number of H-pyrrole nitrogens is 1. The number of fused-ring (bicyclic) bond motifs is 1. The molecule has 0 radical (unpaired) electrons. The van der Waals surface area contributed by atoms with E-state index in [4.69, 9.17) is 18.7 Å². The Labute approximate surface area is 218 Å². The summed E-state index contributed by atoms with van der Waals surface area (Å²) in [7, 11) is -9.31. The Hall–Kier alpha value is -1.92. The number of benzene rings is 1. The molecule has 1 aromatic carbocycles. The van der Waals surface area contributed by atoms with Gasteiger partial charge in [-0.05, 0) is 12.0 Å². The molecular weight excluding hydrogens is 542 g/mol. The van der Waals surface area contributed by atoms with Crippen LogP contribution in [0.5, 0.6) is 0 Å². The molecule has 15 heteroatoms. The van der Waals surface area contributed by atoms with E-state index in [1.807, 2.05) is 37.3 Å². The molecular formula is C23H32N2O11P2. The largest absolute Gasteiger partial charge is 0.479 e. The Kier molecular flexibility index (Phi) is 9.57. The first-order valence-corrected chi connectivity index (χ1v) is 15.6. The lowest BCUT2D eigenvalue weighted by Crippen LogP contribution is -2.36. The zero-order valence-electron chi connectivity index (χ0n) is 20.8. The highest BCUT2D eigenvalue weighted by Crippen LogP contribution is 2.60. The molecule has 0 saturated carbocycles. The van der Waals surface area contributed by atoms with Crippen molar-refractivity contribution >= 4 is 15.4 Å². The second kappa shape index (κ2) is 12.5. The number of nitrogens with zero attached hydrogens (tertiary/aromatic N) is 1. The molecule has 3 heterocycles. The summed E-state index contributed by atoms with van der Waals surface area (Å²) in [4.78, 5) is 46.2. The first-order valence-electron chi connectivity index (χ1n) is 12.4. The summed E-state index contributed by atoms with van der Waals surface area (Å²) in [6.45, 7) is 1.43. The molecule has 2 fully saturated rings. The lowest BCUT2D eigenvalue weighted by atomic mass is 10.1. The molecule has 2 aliphatic heterocycles. The molecule has 3 unspecified atom stereocenters. The van der Waals surface area contributed by atoms with Crippen molar-refractivity contribution in [3.05, 3.63) is 69.0 Å². The van der Waals surface area contributed by atoms with Gasteiger partial charge in [0.1, 0.15) is 18.3 Å². The number of unbranched alkanes of at least 4 members (excludes halogenated alkanes) is 3. The number of ether oxygens (including phenoxy) is 3. The lowest BCUT2D eigenvalue weighted by Gasteiger charge is -2.22. The second-order valence-electron chi connectivity index (χ2n) is 9.17. The molecule has 0 spiro atoms. The zero-order valence-corrected chi connectivity index (χ0v) is 22.6. The third kappa shape index (κ3) is 7.59. The molecule has 0 amide bonds. The molecule has 38 heavy (non-hydrogen) atoms. The van der Waals surface area contributed by atoms with Crippen molar-refractivity contribution in [2.75, 3.05) is 12.8 Å². The van der Waals surface area contributed by atoms with E-state index in [9.17, 15) is 28.5 Å². The van der Waals surface area contributed by atoms with Crippen molar-refractivity contribution in [2.45, 2.75) is 69.9 Å². The zero-order chi connectivity index (χ0) is 27.3. The van der Waals surface area contributed by atoms with Gasteiger partial charge in [-0.2, -0.15) is 0 Å². The maximum absolute atomic E-state index is 12.5. The van der Waals surface area contributed by atoms with E-state index in [1.54, 1.807) is 0 Å². The maximum atomic E-state index is 12.5. The summed E-state index contributed by atoms with van der Waals surface area (Å²) in [5.41, 5.74) is -0.388.